The van der Waals surface area contributed by atoms with Crippen molar-refractivity contribution in [2.75, 3.05) is 24.6 Å². The zero-order chi connectivity index (χ0) is 15.2. The summed E-state index contributed by atoms with van der Waals surface area (Å²) in [6.07, 6.45) is -0.644. The van der Waals surface area contributed by atoms with E-state index in [1.807, 2.05) is 30.3 Å². The number of anilines is 2. The van der Waals surface area contributed by atoms with Gasteiger partial charge in [0.25, 0.3) is 5.91 Å². The predicted molar refractivity (Wildman–Crippen MR) is 84.1 cm³/mol. The smallest absolute Gasteiger partial charge is 0.251 e. The lowest BCUT2D eigenvalue weighted by molar-refractivity contribution is 0.0963. The number of rotatable bonds is 5. The Morgan fingerprint density at radius 3 is 2.62 bits per heavy atom. The van der Waals surface area contributed by atoms with Gasteiger partial charge in [-0.15, -0.1) is 0 Å². The van der Waals surface area contributed by atoms with Gasteiger partial charge in [0.2, 0.25) is 0 Å². The normalized spacial score (nSPS) is 11.7. The summed E-state index contributed by atoms with van der Waals surface area (Å²) in [5.74, 6) is -0.179. The molecule has 1 atom stereocenters. The van der Waals surface area contributed by atoms with E-state index in [-0.39, 0.29) is 5.91 Å². The summed E-state index contributed by atoms with van der Waals surface area (Å²) in [6.45, 7) is 0.311. The van der Waals surface area contributed by atoms with Crippen molar-refractivity contribution in [1.82, 2.24) is 5.32 Å². The highest BCUT2D eigenvalue weighted by molar-refractivity contribution is 5.96. The van der Waals surface area contributed by atoms with Crippen LogP contribution in [0.5, 0.6) is 0 Å². The number of nitrogen functional groups attached to an aromatic ring is 1. The molecule has 0 aliphatic carbocycles. The van der Waals surface area contributed by atoms with E-state index in [1.165, 1.54) is 0 Å². The number of hydrogen-bond acceptors (Lipinski definition) is 4. The van der Waals surface area contributed by atoms with Crippen molar-refractivity contribution in [2.45, 2.75) is 6.10 Å². The fourth-order valence-electron chi connectivity index (χ4n) is 1.99. The van der Waals surface area contributed by atoms with Crippen LogP contribution in [0.15, 0.2) is 48.5 Å². The van der Waals surface area contributed by atoms with Crippen molar-refractivity contribution in [1.29, 1.82) is 0 Å². The van der Waals surface area contributed by atoms with Gasteiger partial charge in [0, 0.05) is 19.2 Å². The number of nitrogens with two attached hydrogens (primary N) is 1. The van der Waals surface area contributed by atoms with E-state index < -0.39 is 6.10 Å². The number of carbonyl (C=O) groups excluding carboxylic acids is 1. The molecular weight excluding hydrogens is 266 g/mol. The average molecular weight is 285 g/mol. The number of hydrogen-bond donors (Lipinski definition) is 4. The fraction of sp³-hybridized carbons (Fsp3) is 0.188. The highest BCUT2D eigenvalue weighted by atomic mass is 16.3. The molecule has 0 radical (unpaired) electrons. The Balaban J connectivity index is 2.07. The molecule has 2 rings (SSSR count). The Morgan fingerprint density at radius 2 is 1.95 bits per heavy atom. The maximum atomic E-state index is 11.6. The van der Waals surface area contributed by atoms with Gasteiger partial charge in [-0.05, 0) is 23.8 Å². The van der Waals surface area contributed by atoms with E-state index in [9.17, 15) is 9.90 Å². The van der Waals surface area contributed by atoms with Crippen molar-refractivity contribution >= 4 is 17.3 Å². The van der Waals surface area contributed by atoms with E-state index >= 15 is 0 Å². The maximum Gasteiger partial charge on any atom is 0.251 e. The van der Waals surface area contributed by atoms with E-state index in [0.717, 1.165) is 5.56 Å². The molecule has 2 aromatic carbocycles. The molecule has 5 nitrogen and oxygen atoms in total. The van der Waals surface area contributed by atoms with Crippen molar-refractivity contribution in [3.05, 3.63) is 59.7 Å². The number of benzene rings is 2. The summed E-state index contributed by atoms with van der Waals surface area (Å²) in [4.78, 5) is 11.6. The molecule has 21 heavy (non-hydrogen) atoms. The molecule has 1 amide bonds. The first-order valence-corrected chi connectivity index (χ1v) is 6.70. The quantitative estimate of drug-likeness (QED) is 0.631. The molecule has 0 aromatic heterocycles. The molecule has 0 aliphatic rings. The second kappa shape index (κ2) is 6.76. The number of amides is 1. The molecule has 0 bridgehead atoms. The zero-order valence-corrected chi connectivity index (χ0v) is 11.8. The van der Waals surface area contributed by atoms with Crippen molar-refractivity contribution < 1.29 is 9.90 Å². The molecule has 0 spiro atoms. The molecule has 0 aliphatic heterocycles. The van der Waals surface area contributed by atoms with Gasteiger partial charge in [-0.3, -0.25) is 4.79 Å². The lowest BCUT2D eigenvalue weighted by Gasteiger charge is -2.15. The minimum Gasteiger partial charge on any atom is -0.397 e. The van der Waals surface area contributed by atoms with Gasteiger partial charge < -0.3 is 21.5 Å². The molecule has 1 unspecified atom stereocenters. The van der Waals surface area contributed by atoms with Crippen LogP contribution in [0.25, 0.3) is 0 Å². The fourth-order valence-corrected chi connectivity index (χ4v) is 1.99. The molecule has 5 heteroatoms. The number of carbonyl (C=O) groups is 1. The monoisotopic (exact) mass is 285 g/mol. The summed E-state index contributed by atoms with van der Waals surface area (Å²) in [6, 6.07) is 14.4. The summed E-state index contributed by atoms with van der Waals surface area (Å²) in [5.41, 5.74) is 8.38. The summed E-state index contributed by atoms with van der Waals surface area (Å²) >= 11 is 0. The Labute approximate surface area is 123 Å². The first kappa shape index (κ1) is 14.9. The Morgan fingerprint density at radius 1 is 1.24 bits per heavy atom. The van der Waals surface area contributed by atoms with Crippen LogP contribution in [0.4, 0.5) is 11.4 Å². The summed E-state index contributed by atoms with van der Waals surface area (Å²) in [7, 11) is 1.57. The number of aliphatic hydroxyl groups is 1. The van der Waals surface area contributed by atoms with Crippen molar-refractivity contribution in [3.63, 3.8) is 0 Å². The van der Waals surface area contributed by atoms with E-state index in [2.05, 4.69) is 10.6 Å². The lowest BCUT2D eigenvalue weighted by Crippen LogP contribution is -2.18. The third-order valence-electron chi connectivity index (χ3n) is 3.21. The Kier molecular flexibility index (Phi) is 4.79. The van der Waals surface area contributed by atoms with Crippen LogP contribution in [-0.4, -0.2) is 24.6 Å². The van der Waals surface area contributed by atoms with Gasteiger partial charge in [0.15, 0.2) is 0 Å². The standard InChI is InChI=1S/C16H19N3O2/c1-18-16(21)12-7-8-13(17)14(9-12)19-10-15(20)11-5-3-2-4-6-11/h2-9,15,19-20H,10,17H2,1H3,(H,18,21). The first-order chi connectivity index (χ1) is 10.1. The minimum atomic E-state index is -0.644. The van der Waals surface area contributed by atoms with Crippen LogP contribution < -0.4 is 16.4 Å². The predicted octanol–water partition coefficient (Wildman–Crippen LogP) is 1.77. The molecular formula is C16H19N3O2. The molecule has 0 fully saturated rings. The van der Waals surface area contributed by atoms with Crippen LogP contribution in [0.1, 0.15) is 22.0 Å². The maximum absolute atomic E-state index is 11.6. The third-order valence-corrected chi connectivity index (χ3v) is 3.21. The molecule has 0 saturated heterocycles. The molecule has 2 aromatic rings. The van der Waals surface area contributed by atoms with Crippen molar-refractivity contribution in [2.24, 2.45) is 0 Å². The van der Waals surface area contributed by atoms with Gasteiger partial charge in [-0.25, -0.2) is 0 Å². The Hall–Kier alpha value is -2.53. The van der Waals surface area contributed by atoms with Gasteiger partial charge >= 0.3 is 0 Å². The van der Waals surface area contributed by atoms with Crippen LogP contribution >= 0.6 is 0 Å². The second-order valence-electron chi connectivity index (χ2n) is 4.69. The van der Waals surface area contributed by atoms with Crippen LogP contribution in [0.3, 0.4) is 0 Å². The third kappa shape index (κ3) is 3.73. The number of aliphatic hydroxyl groups excluding tert-OH is 1. The van der Waals surface area contributed by atoms with Crippen molar-refractivity contribution in [3.8, 4) is 0 Å². The van der Waals surface area contributed by atoms with Crippen LogP contribution in [0.2, 0.25) is 0 Å². The first-order valence-electron chi connectivity index (χ1n) is 6.70. The van der Waals surface area contributed by atoms with Gasteiger partial charge in [0.1, 0.15) is 0 Å². The van der Waals surface area contributed by atoms with E-state index in [1.54, 1.807) is 25.2 Å². The molecule has 110 valence electrons. The SMILES string of the molecule is CNC(=O)c1ccc(N)c(NCC(O)c2ccccc2)c1. The van der Waals surface area contributed by atoms with Gasteiger partial charge in [-0.2, -0.15) is 0 Å². The second-order valence-corrected chi connectivity index (χ2v) is 4.69. The molecule has 0 heterocycles. The van der Waals surface area contributed by atoms with E-state index in [0.29, 0.717) is 23.5 Å². The number of nitrogens with one attached hydrogen (secondary N) is 2. The van der Waals surface area contributed by atoms with Crippen LogP contribution in [-0.2, 0) is 0 Å². The van der Waals surface area contributed by atoms with E-state index in [4.69, 9.17) is 5.73 Å². The summed E-state index contributed by atoms with van der Waals surface area (Å²) in [5, 5.41) is 15.8. The lowest BCUT2D eigenvalue weighted by atomic mass is 10.1. The zero-order valence-electron chi connectivity index (χ0n) is 11.8. The highest BCUT2D eigenvalue weighted by Gasteiger charge is 2.10. The minimum absolute atomic E-state index is 0.179. The Bertz CT molecular complexity index is 614. The van der Waals surface area contributed by atoms with Gasteiger partial charge in [-0.1, -0.05) is 30.3 Å². The largest absolute Gasteiger partial charge is 0.397 e. The topological polar surface area (TPSA) is 87.4 Å². The molecule has 0 saturated carbocycles. The van der Waals surface area contributed by atoms with Crippen LogP contribution in [0, 0.1) is 0 Å². The summed E-state index contributed by atoms with van der Waals surface area (Å²) < 4.78 is 0. The van der Waals surface area contributed by atoms with Gasteiger partial charge in [0.05, 0.1) is 17.5 Å². The average Bonchev–Trinajstić information content (AvgIpc) is 2.53. The highest BCUT2D eigenvalue weighted by Crippen LogP contribution is 2.21. The molecule has 5 N–H and O–H groups in total.